The van der Waals surface area contributed by atoms with E-state index >= 15 is 0 Å². The van der Waals surface area contributed by atoms with Crippen LogP contribution in [0, 0.1) is 0 Å². The van der Waals surface area contributed by atoms with Gasteiger partial charge in [0.25, 0.3) is 0 Å². The van der Waals surface area contributed by atoms with Gasteiger partial charge in [-0.3, -0.25) is 0 Å². The molecule has 5 nitrogen and oxygen atoms in total. The largest absolute Gasteiger partial charge is 0.358 e. The van der Waals surface area contributed by atoms with Gasteiger partial charge >= 0.3 is 6.03 Å². The topological polar surface area (TPSA) is 51.4 Å². The summed E-state index contributed by atoms with van der Waals surface area (Å²) in [5.41, 5.74) is 5.71. The van der Waals surface area contributed by atoms with Crippen molar-refractivity contribution in [1.82, 2.24) is 20.1 Å². The zero-order chi connectivity index (χ0) is 19.8. The molecule has 2 N–H and O–H groups in total. The lowest BCUT2D eigenvalue weighted by Crippen LogP contribution is -2.56. The minimum Gasteiger partial charge on any atom is -0.358 e. The predicted octanol–water partition coefficient (Wildman–Crippen LogP) is 3.88. The highest BCUT2D eigenvalue weighted by atomic mass is 16.2. The number of hydrogen-bond acceptors (Lipinski definition) is 2. The molecule has 0 saturated carbocycles. The van der Waals surface area contributed by atoms with E-state index in [4.69, 9.17) is 0 Å². The number of fused-ring (bicyclic) bond motifs is 2. The number of rotatable bonds is 5. The first kappa shape index (κ1) is 19.3. The molecule has 1 aliphatic heterocycles. The normalized spacial score (nSPS) is 24.2. The Kier molecular flexibility index (Phi) is 5.37. The third kappa shape index (κ3) is 3.20. The number of nitrogens with one attached hydrogen (secondary N) is 2. The van der Waals surface area contributed by atoms with Crippen molar-refractivity contribution in [3.8, 4) is 0 Å². The Morgan fingerprint density at radius 2 is 2.07 bits per heavy atom. The third-order valence-corrected chi connectivity index (χ3v) is 6.82. The molecule has 4 rings (SSSR count). The van der Waals surface area contributed by atoms with E-state index in [9.17, 15) is 4.79 Å². The second-order valence-electron chi connectivity index (χ2n) is 8.47. The van der Waals surface area contributed by atoms with E-state index in [1.165, 1.54) is 34.1 Å². The summed E-state index contributed by atoms with van der Waals surface area (Å²) in [6.07, 6.45) is 4.42. The summed E-state index contributed by atoms with van der Waals surface area (Å²) >= 11 is 0. The van der Waals surface area contributed by atoms with Gasteiger partial charge in [0.05, 0.1) is 0 Å². The van der Waals surface area contributed by atoms with Crippen LogP contribution in [-0.4, -0.2) is 59.6 Å². The fourth-order valence-electron chi connectivity index (χ4n) is 5.45. The lowest BCUT2D eigenvalue weighted by molar-refractivity contribution is 0.124. The fourth-order valence-corrected chi connectivity index (χ4v) is 5.45. The van der Waals surface area contributed by atoms with Gasteiger partial charge in [-0.05, 0) is 57.4 Å². The van der Waals surface area contributed by atoms with Crippen LogP contribution >= 0.6 is 0 Å². The van der Waals surface area contributed by atoms with E-state index < -0.39 is 0 Å². The standard InChI is InChI=1S/C23H34N4O/c1-5-9-19-18-13-21-17(16-10-8-11-20(25-19)22(16)18)12-15(14-26(21)4)24-23(28)27(6-2)7-3/h8,10-11,15,17,21,25H,5-7,9,12-14H2,1-4H3,(H,24,28)/t15-,17?,21+/m0/s1. The first-order valence-corrected chi connectivity index (χ1v) is 10.9. The molecule has 2 amide bonds. The maximum Gasteiger partial charge on any atom is 0.317 e. The van der Waals surface area contributed by atoms with Gasteiger partial charge in [0, 0.05) is 54.2 Å². The van der Waals surface area contributed by atoms with E-state index in [0.717, 1.165) is 38.9 Å². The first-order chi connectivity index (χ1) is 13.6. The van der Waals surface area contributed by atoms with E-state index in [-0.39, 0.29) is 12.1 Å². The van der Waals surface area contributed by atoms with Crippen molar-refractivity contribution in [3.05, 3.63) is 35.0 Å². The molecule has 0 radical (unpaired) electrons. The lowest BCUT2D eigenvalue weighted by Gasteiger charge is -2.46. The molecule has 1 unspecified atom stereocenters. The summed E-state index contributed by atoms with van der Waals surface area (Å²) in [7, 11) is 2.23. The number of carbonyl (C=O) groups excluding carboxylic acids is 1. The van der Waals surface area contributed by atoms with Crippen LogP contribution < -0.4 is 5.32 Å². The molecule has 1 saturated heterocycles. The number of likely N-dealkylation sites (tertiary alicyclic amines) is 1. The van der Waals surface area contributed by atoms with Crippen molar-refractivity contribution < 1.29 is 4.79 Å². The molecule has 0 bridgehead atoms. The van der Waals surface area contributed by atoms with E-state index in [1.54, 1.807) is 0 Å². The maximum absolute atomic E-state index is 12.6. The Hall–Kier alpha value is -2.01. The van der Waals surface area contributed by atoms with E-state index in [1.807, 2.05) is 18.7 Å². The number of urea groups is 1. The number of aryl methyl sites for hydroxylation is 1. The lowest BCUT2D eigenvalue weighted by atomic mass is 9.73. The molecule has 0 spiro atoms. The molecule has 1 aromatic heterocycles. The number of carbonyl (C=O) groups is 1. The van der Waals surface area contributed by atoms with E-state index in [0.29, 0.717) is 12.0 Å². The average Bonchev–Trinajstić information content (AvgIpc) is 3.03. The number of nitrogens with zero attached hydrogens (tertiary/aromatic N) is 2. The van der Waals surface area contributed by atoms with Crippen molar-refractivity contribution >= 4 is 16.9 Å². The number of hydrogen-bond donors (Lipinski definition) is 2. The maximum atomic E-state index is 12.6. The molecular weight excluding hydrogens is 348 g/mol. The van der Waals surface area contributed by atoms with Gasteiger partial charge in [-0.1, -0.05) is 25.5 Å². The SMILES string of the molecule is CCCc1[nH]c2cccc3c2c1C[C@@H]1C3C[C@H](NC(=O)N(CC)CC)CN1C. The molecule has 2 heterocycles. The van der Waals surface area contributed by atoms with Crippen LogP contribution in [0.4, 0.5) is 4.79 Å². The number of aromatic amines is 1. The molecule has 1 aromatic carbocycles. The Morgan fingerprint density at radius 1 is 1.29 bits per heavy atom. The Morgan fingerprint density at radius 3 is 2.79 bits per heavy atom. The van der Waals surface area contributed by atoms with Crippen LogP contribution in [0.25, 0.3) is 10.9 Å². The van der Waals surface area contributed by atoms with Crippen LogP contribution in [-0.2, 0) is 12.8 Å². The van der Waals surface area contributed by atoms with Gasteiger partial charge in [0.1, 0.15) is 0 Å². The number of benzene rings is 1. The summed E-state index contributed by atoms with van der Waals surface area (Å²) in [5, 5.41) is 4.76. The monoisotopic (exact) mass is 382 g/mol. The van der Waals surface area contributed by atoms with E-state index in [2.05, 4.69) is 47.4 Å². The number of H-pyrrole nitrogens is 1. The highest BCUT2D eigenvalue weighted by Crippen LogP contribution is 2.44. The summed E-state index contributed by atoms with van der Waals surface area (Å²) < 4.78 is 0. The third-order valence-electron chi connectivity index (χ3n) is 6.82. The Bertz CT molecular complexity index is 854. The predicted molar refractivity (Wildman–Crippen MR) is 115 cm³/mol. The first-order valence-electron chi connectivity index (χ1n) is 10.9. The molecule has 1 aliphatic carbocycles. The van der Waals surface area contributed by atoms with Gasteiger partial charge in [0.2, 0.25) is 0 Å². The summed E-state index contributed by atoms with van der Waals surface area (Å²) in [6.45, 7) is 8.75. The van der Waals surface area contributed by atoms with Crippen LogP contribution in [0.3, 0.4) is 0 Å². The number of amides is 2. The molecule has 1 fully saturated rings. The zero-order valence-electron chi connectivity index (χ0n) is 17.7. The number of piperidine rings is 1. The Labute approximate surface area is 168 Å². The highest BCUT2D eigenvalue weighted by molar-refractivity contribution is 5.89. The van der Waals surface area contributed by atoms with Crippen LogP contribution in [0.15, 0.2) is 18.2 Å². The molecular formula is C23H34N4O. The smallest absolute Gasteiger partial charge is 0.317 e. The molecule has 3 atom stereocenters. The van der Waals surface area contributed by atoms with Crippen molar-refractivity contribution in [2.45, 2.75) is 64.5 Å². The quantitative estimate of drug-likeness (QED) is 0.824. The van der Waals surface area contributed by atoms with Gasteiger partial charge in [-0.25, -0.2) is 4.79 Å². The average molecular weight is 383 g/mol. The van der Waals surface area contributed by atoms with Crippen LogP contribution in [0.1, 0.15) is 56.4 Å². The summed E-state index contributed by atoms with van der Waals surface area (Å²) in [4.78, 5) is 20.6. The molecule has 152 valence electrons. The van der Waals surface area contributed by atoms with Gasteiger partial charge < -0.3 is 20.1 Å². The van der Waals surface area contributed by atoms with Gasteiger partial charge in [0.15, 0.2) is 0 Å². The van der Waals surface area contributed by atoms with Gasteiger partial charge in [-0.2, -0.15) is 0 Å². The zero-order valence-corrected chi connectivity index (χ0v) is 17.7. The molecule has 28 heavy (non-hydrogen) atoms. The van der Waals surface area contributed by atoms with Crippen LogP contribution in [0.5, 0.6) is 0 Å². The van der Waals surface area contributed by atoms with Crippen molar-refractivity contribution in [3.63, 3.8) is 0 Å². The fraction of sp³-hybridized carbons (Fsp3) is 0.609. The highest BCUT2D eigenvalue weighted by Gasteiger charge is 2.40. The molecule has 5 heteroatoms. The van der Waals surface area contributed by atoms with Crippen molar-refractivity contribution in [2.24, 2.45) is 0 Å². The van der Waals surface area contributed by atoms with Gasteiger partial charge in [-0.15, -0.1) is 0 Å². The second kappa shape index (κ2) is 7.78. The van der Waals surface area contributed by atoms with Crippen LogP contribution in [0.2, 0.25) is 0 Å². The molecule has 2 aromatic rings. The second-order valence-corrected chi connectivity index (χ2v) is 8.47. The summed E-state index contributed by atoms with van der Waals surface area (Å²) in [5.74, 6) is 0.474. The van der Waals surface area contributed by atoms with Crippen molar-refractivity contribution in [2.75, 3.05) is 26.7 Å². The minimum atomic E-state index is 0.0726. The number of likely N-dealkylation sites (N-methyl/N-ethyl adjacent to an activating group) is 1. The molecule has 2 aliphatic rings. The minimum absolute atomic E-state index is 0.0726. The van der Waals surface area contributed by atoms with Crippen molar-refractivity contribution in [1.29, 1.82) is 0 Å². The number of aromatic nitrogens is 1. The Balaban J connectivity index is 1.64. The summed E-state index contributed by atoms with van der Waals surface area (Å²) in [6, 6.07) is 7.51.